The van der Waals surface area contributed by atoms with Crippen molar-refractivity contribution in [3.63, 3.8) is 0 Å². The Morgan fingerprint density at radius 1 is 0.635 bits per heavy atom. The van der Waals surface area contributed by atoms with Crippen molar-refractivity contribution in [2.24, 2.45) is 22.7 Å². The SMILES string of the molecule is O=C(O)C(C(C(=O)O)C1(Cc2nc3cc(F)ccc3n2Cc2ccc(Cl)cc2)CC1)C1(Cc2nc3cc(F)ccc3n2Cc2ccc(Cl)cc2)CC1. The average Bonchev–Trinajstić information content (AvgIpc) is 4.00. The fourth-order valence-electron chi connectivity index (χ4n) is 8.14. The summed E-state index contributed by atoms with van der Waals surface area (Å²) in [5.41, 5.74) is 2.36. The molecule has 52 heavy (non-hydrogen) atoms. The molecule has 2 atom stereocenters. The number of carboxylic acids is 2. The van der Waals surface area contributed by atoms with Gasteiger partial charge in [-0.15, -0.1) is 0 Å². The quantitative estimate of drug-likeness (QED) is 0.122. The maximum atomic E-state index is 14.4. The molecule has 2 aliphatic carbocycles. The van der Waals surface area contributed by atoms with Crippen molar-refractivity contribution >= 4 is 57.2 Å². The van der Waals surface area contributed by atoms with Crippen molar-refractivity contribution in [3.05, 3.63) is 129 Å². The van der Waals surface area contributed by atoms with Crippen LogP contribution in [0.5, 0.6) is 0 Å². The second-order valence-corrected chi connectivity index (χ2v) is 15.3. The zero-order valence-electron chi connectivity index (χ0n) is 27.9. The Morgan fingerprint density at radius 2 is 1.00 bits per heavy atom. The summed E-state index contributed by atoms with van der Waals surface area (Å²) in [6.45, 7) is 0.776. The van der Waals surface area contributed by atoms with Crippen LogP contribution in [0.2, 0.25) is 10.0 Å². The number of hydrogen-bond acceptors (Lipinski definition) is 4. The molecule has 0 amide bonds. The molecule has 2 unspecified atom stereocenters. The number of halogens is 4. The van der Waals surface area contributed by atoms with Crippen LogP contribution >= 0.6 is 23.2 Å². The molecule has 8 nitrogen and oxygen atoms in total. The summed E-state index contributed by atoms with van der Waals surface area (Å²) in [7, 11) is 0. The first-order valence-corrected chi connectivity index (χ1v) is 17.9. The third-order valence-electron chi connectivity index (χ3n) is 11.1. The van der Waals surface area contributed by atoms with Crippen LogP contribution in [0.25, 0.3) is 22.1 Å². The smallest absolute Gasteiger partial charge is 0.307 e. The minimum Gasteiger partial charge on any atom is -0.481 e. The Morgan fingerprint density at radius 3 is 1.33 bits per heavy atom. The molecule has 4 aromatic carbocycles. The van der Waals surface area contributed by atoms with Gasteiger partial charge in [0.05, 0.1) is 33.9 Å². The first kappa shape index (κ1) is 34.3. The molecule has 266 valence electrons. The highest BCUT2D eigenvalue weighted by atomic mass is 35.5. The molecule has 2 aromatic heterocycles. The summed E-state index contributed by atoms with van der Waals surface area (Å²) in [6, 6.07) is 23.4. The molecular formula is C40H34Cl2F2N4O4. The van der Waals surface area contributed by atoms with Gasteiger partial charge in [0.2, 0.25) is 0 Å². The topological polar surface area (TPSA) is 110 Å². The molecule has 6 aromatic rings. The van der Waals surface area contributed by atoms with Gasteiger partial charge in [0.25, 0.3) is 0 Å². The fraction of sp³-hybridized carbons (Fsp3) is 0.300. The second kappa shape index (κ2) is 13.0. The van der Waals surface area contributed by atoms with Gasteiger partial charge >= 0.3 is 11.9 Å². The largest absolute Gasteiger partial charge is 0.481 e. The van der Waals surface area contributed by atoms with Crippen LogP contribution in [-0.2, 0) is 35.5 Å². The van der Waals surface area contributed by atoms with E-state index >= 15 is 0 Å². The lowest BCUT2D eigenvalue weighted by molar-refractivity contribution is -0.160. The third kappa shape index (κ3) is 6.43. The van der Waals surface area contributed by atoms with Crippen LogP contribution in [0, 0.1) is 34.3 Å². The molecule has 0 bridgehead atoms. The van der Waals surface area contributed by atoms with E-state index in [0.717, 1.165) is 11.1 Å². The number of imidazole rings is 2. The highest BCUT2D eigenvalue weighted by Gasteiger charge is 2.65. The second-order valence-electron chi connectivity index (χ2n) is 14.5. The summed E-state index contributed by atoms with van der Waals surface area (Å²) >= 11 is 12.3. The van der Waals surface area contributed by atoms with Crippen molar-refractivity contribution in [3.8, 4) is 0 Å². The Bertz CT molecular complexity index is 2180. The molecule has 2 N–H and O–H groups in total. The van der Waals surface area contributed by atoms with Gasteiger partial charge < -0.3 is 19.3 Å². The Balaban J connectivity index is 1.15. The normalized spacial score (nSPS) is 16.9. The molecule has 0 spiro atoms. The Kier molecular flexibility index (Phi) is 8.58. The molecule has 2 heterocycles. The molecule has 0 saturated heterocycles. The Hall–Kier alpha value is -4.80. The fourth-order valence-corrected chi connectivity index (χ4v) is 8.39. The monoisotopic (exact) mass is 742 g/mol. The summed E-state index contributed by atoms with van der Waals surface area (Å²) in [4.78, 5) is 36.3. The molecule has 8 rings (SSSR count). The first-order valence-electron chi connectivity index (χ1n) is 17.2. The highest BCUT2D eigenvalue weighted by molar-refractivity contribution is 6.30. The summed E-state index contributed by atoms with van der Waals surface area (Å²) in [6.07, 6.45) is 2.46. The lowest BCUT2D eigenvalue weighted by Gasteiger charge is -2.34. The van der Waals surface area contributed by atoms with Gasteiger partial charge in [-0.25, -0.2) is 18.7 Å². The van der Waals surface area contributed by atoms with Crippen LogP contribution < -0.4 is 0 Å². The van der Waals surface area contributed by atoms with E-state index in [9.17, 15) is 28.6 Å². The molecule has 2 aliphatic rings. The van der Waals surface area contributed by atoms with E-state index in [4.69, 9.17) is 33.2 Å². The lowest BCUT2D eigenvalue weighted by Crippen LogP contribution is -2.43. The van der Waals surface area contributed by atoms with E-state index in [1.165, 1.54) is 24.3 Å². The van der Waals surface area contributed by atoms with Gasteiger partial charge in [-0.2, -0.15) is 0 Å². The number of fused-ring (bicyclic) bond motifs is 2. The number of carbonyl (C=O) groups is 2. The Labute approximate surface area is 307 Å². The number of aromatic nitrogens is 4. The maximum Gasteiger partial charge on any atom is 0.307 e. The minimum atomic E-state index is -1.22. The van der Waals surface area contributed by atoms with Gasteiger partial charge in [-0.05, 0) is 96.2 Å². The zero-order valence-corrected chi connectivity index (χ0v) is 29.4. The molecule has 2 fully saturated rings. The van der Waals surface area contributed by atoms with Crippen molar-refractivity contribution in [1.29, 1.82) is 0 Å². The first-order chi connectivity index (χ1) is 24.9. The van der Waals surface area contributed by atoms with Gasteiger partial charge in [0, 0.05) is 48.1 Å². The van der Waals surface area contributed by atoms with Gasteiger partial charge in [-0.3, -0.25) is 9.59 Å². The van der Waals surface area contributed by atoms with E-state index < -0.39 is 46.2 Å². The summed E-state index contributed by atoms with van der Waals surface area (Å²) in [5, 5.41) is 23.0. The third-order valence-corrected chi connectivity index (χ3v) is 11.6. The number of aliphatic carboxylic acids is 2. The van der Waals surface area contributed by atoms with Crippen LogP contribution in [0.3, 0.4) is 0 Å². The summed E-state index contributed by atoms with van der Waals surface area (Å²) in [5.74, 6) is -4.52. The van der Waals surface area contributed by atoms with Crippen molar-refractivity contribution < 1.29 is 28.6 Å². The van der Waals surface area contributed by atoms with Gasteiger partial charge in [0.1, 0.15) is 23.3 Å². The van der Waals surface area contributed by atoms with Crippen LogP contribution in [0.15, 0.2) is 84.9 Å². The van der Waals surface area contributed by atoms with E-state index in [1.807, 2.05) is 33.4 Å². The predicted octanol–water partition coefficient (Wildman–Crippen LogP) is 8.81. The number of carboxylic acid groups (broad SMARTS) is 2. The van der Waals surface area contributed by atoms with Crippen LogP contribution in [-0.4, -0.2) is 41.3 Å². The predicted molar refractivity (Wildman–Crippen MR) is 193 cm³/mol. The summed E-state index contributed by atoms with van der Waals surface area (Å²) < 4.78 is 32.6. The van der Waals surface area contributed by atoms with Crippen LogP contribution in [0.1, 0.15) is 48.5 Å². The average molecular weight is 744 g/mol. The van der Waals surface area contributed by atoms with E-state index in [2.05, 4.69) is 0 Å². The molecular weight excluding hydrogens is 709 g/mol. The minimum absolute atomic E-state index is 0.210. The van der Waals surface area contributed by atoms with Gasteiger partial charge in [0.15, 0.2) is 0 Å². The van der Waals surface area contributed by atoms with Crippen molar-refractivity contribution in [2.45, 2.75) is 51.6 Å². The van der Waals surface area contributed by atoms with Crippen molar-refractivity contribution in [1.82, 2.24) is 19.1 Å². The number of benzene rings is 4. The molecule has 0 radical (unpaired) electrons. The van der Waals surface area contributed by atoms with E-state index in [1.54, 1.807) is 36.4 Å². The standard InChI is InChI=1S/C40H34Cl2F2N4O4/c41-25-5-1-23(2-6-25)21-47-31-11-9-27(43)17-29(31)45-33(47)19-39(13-14-39)35(37(49)50)36(38(51)52)40(15-16-40)20-34-46-30-18-28(44)10-12-32(30)48(34)22-24-3-7-26(42)8-4-24/h1-12,17-18,35-36H,13-16,19-22H2,(H,49,50)(H,51,52). The van der Waals surface area contributed by atoms with Gasteiger partial charge in [-0.1, -0.05) is 47.5 Å². The molecule has 0 aliphatic heterocycles. The van der Waals surface area contributed by atoms with Crippen LogP contribution in [0.4, 0.5) is 8.78 Å². The maximum absolute atomic E-state index is 14.4. The zero-order chi connectivity index (χ0) is 36.4. The molecule has 12 heteroatoms. The lowest BCUT2D eigenvalue weighted by atomic mass is 9.68. The number of hydrogen-bond donors (Lipinski definition) is 2. The molecule has 2 saturated carbocycles. The van der Waals surface area contributed by atoms with Crippen molar-refractivity contribution in [2.75, 3.05) is 0 Å². The highest BCUT2D eigenvalue weighted by Crippen LogP contribution is 2.65. The number of rotatable bonds is 13. The number of nitrogens with zero attached hydrogens (tertiary/aromatic N) is 4. The van der Waals surface area contributed by atoms with E-state index in [0.29, 0.717) is 82.5 Å². The van der Waals surface area contributed by atoms with E-state index in [-0.39, 0.29) is 12.8 Å².